The van der Waals surface area contributed by atoms with Gasteiger partial charge in [-0.1, -0.05) is 42.6 Å². The molecule has 228 valence electrons. The van der Waals surface area contributed by atoms with E-state index in [1.54, 1.807) is 0 Å². The van der Waals surface area contributed by atoms with E-state index in [1.807, 2.05) is 6.92 Å². The van der Waals surface area contributed by atoms with Gasteiger partial charge in [0, 0.05) is 11.8 Å². The van der Waals surface area contributed by atoms with Crippen LogP contribution in [0.2, 0.25) is 0 Å². The maximum Gasteiger partial charge on any atom is 0.338 e. The average molecular weight is 626 g/mol. The number of alkyl halides is 1. The minimum atomic E-state index is -0.993. The van der Waals surface area contributed by atoms with E-state index in [2.05, 4.69) is 50.9 Å². The molecule has 2 fully saturated rings. The van der Waals surface area contributed by atoms with Crippen LogP contribution < -0.4 is 0 Å². The first-order valence-corrected chi connectivity index (χ1v) is 14.7. The van der Waals surface area contributed by atoms with E-state index in [4.69, 9.17) is 14.2 Å². The maximum atomic E-state index is 12.0. The van der Waals surface area contributed by atoms with Crippen molar-refractivity contribution >= 4 is 39.8 Å². The fourth-order valence-corrected chi connectivity index (χ4v) is 5.17. The monoisotopic (exact) mass is 624 g/mol. The van der Waals surface area contributed by atoms with Gasteiger partial charge in [-0.15, -0.1) is 0 Å². The molecule has 0 radical (unpaired) electrons. The molecule has 0 amide bonds. The van der Waals surface area contributed by atoms with Crippen molar-refractivity contribution in [2.45, 2.75) is 121 Å². The quantitative estimate of drug-likeness (QED) is 0.175. The highest BCUT2D eigenvalue weighted by molar-refractivity contribution is 9.09. The lowest BCUT2D eigenvalue weighted by molar-refractivity contribution is -0.178. The Balaban J connectivity index is 0.000000622. The van der Waals surface area contributed by atoms with Crippen LogP contribution in [0.15, 0.2) is 0 Å². The van der Waals surface area contributed by atoms with Crippen LogP contribution in [0.3, 0.4) is 0 Å². The molecule has 0 aromatic rings. The van der Waals surface area contributed by atoms with Gasteiger partial charge in [-0.2, -0.15) is 0 Å². The first kappa shape index (κ1) is 37.3. The fourth-order valence-electron chi connectivity index (χ4n) is 4.85. The largest absolute Gasteiger partial charge is 0.469 e. The summed E-state index contributed by atoms with van der Waals surface area (Å²) in [7, 11) is 5.47. The Morgan fingerprint density at radius 1 is 0.769 bits per heavy atom. The normalized spacial score (nSPS) is 27.3. The highest BCUT2D eigenvalue weighted by atomic mass is 79.9. The summed E-state index contributed by atoms with van der Waals surface area (Å²) in [5.74, 6) is -1.14. The van der Waals surface area contributed by atoms with Crippen LogP contribution in [0.5, 0.6) is 0 Å². The Labute approximate surface area is 242 Å². The Morgan fingerprint density at radius 3 is 1.79 bits per heavy atom. The molecular formula is C28H49BrO10. The minimum Gasteiger partial charge on any atom is -0.469 e. The predicted molar refractivity (Wildman–Crippen MR) is 149 cm³/mol. The molecule has 2 aliphatic rings. The van der Waals surface area contributed by atoms with E-state index in [1.165, 1.54) is 28.4 Å². The summed E-state index contributed by atoms with van der Waals surface area (Å²) in [6.45, 7) is 8.29. The lowest BCUT2D eigenvalue weighted by Crippen LogP contribution is -2.42. The van der Waals surface area contributed by atoms with Gasteiger partial charge in [0.2, 0.25) is 0 Å². The molecule has 0 aromatic heterocycles. The smallest absolute Gasteiger partial charge is 0.338 e. The van der Waals surface area contributed by atoms with Crippen molar-refractivity contribution in [1.29, 1.82) is 0 Å². The third-order valence-corrected chi connectivity index (χ3v) is 7.32. The predicted octanol–water partition coefficient (Wildman–Crippen LogP) is 5.06. The van der Waals surface area contributed by atoms with Crippen molar-refractivity contribution < 1.29 is 47.6 Å². The molecule has 39 heavy (non-hydrogen) atoms. The standard InChI is InChI=1S/C14H24O5.C10H18O3.C4H7BrO2/c1-5-7-13(2)9-10-14(19-13,12(16)18-4)8-6-11(15)17-3;1-4-6-10(2)7-5-8(13-10)9(11)12-3;1-7-4(6)2-3-5/h5-10H2,1-4H3;8H,4-7H2,1-3H3;2-3H2,1H3. The van der Waals surface area contributed by atoms with Crippen molar-refractivity contribution in [3.8, 4) is 0 Å². The summed E-state index contributed by atoms with van der Waals surface area (Å²) >= 11 is 3.09. The molecule has 2 saturated heterocycles. The second-order valence-corrected chi connectivity index (χ2v) is 11.0. The van der Waals surface area contributed by atoms with Gasteiger partial charge in [-0.3, -0.25) is 9.59 Å². The Kier molecular flexibility index (Phi) is 17.8. The first-order valence-electron chi connectivity index (χ1n) is 13.6. The van der Waals surface area contributed by atoms with Crippen molar-refractivity contribution in [3.63, 3.8) is 0 Å². The molecule has 0 bridgehead atoms. The van der Waals surface area contributed by atoms with E-state index < -0.39 is 11.6 Å². The van der Waals surface area contributed by atoms with Gasteiger partial charge in [-0.05, 0) is 58.8 Å². The van der Waals surface area contributed by atoms with Crippen molar-refractivity contribution in [3.05, 3.63) is 0 Å². The topological polar surface area (TPSA) is 124 Å². The molecule has 0 saturated carbocycles. The second kappa shape index (κ2) is 18.6. The van der Waals surface area contributed by atoms with Gasteiger partial charge < -0.3 is 28.4 Å². The van der Waals surface area contributed by atoms with Crippen molar-refractivity contribution in [2.75, 3.05) is 33.8 Å². The SMILES string of the molecule is CCCC1(C)CCC(C(=O)OC)O1.CCCC1(C)CCC(CCC(=O)OC)(C(=O)OC)O1.COC(=O)CCBr. The Hall–Kier alpha value is -1.72. The number of hydrogen-bond acceptors (Lipinski definition) is 10. The number of halogens is 1. The zero-order valence-corrected chi connectivity index (χ0v) is 26.6. The summed E-state index contributed by atoms with van der Waals surface area (Å²) in [6, 6.07) is 0. The van der Waals surface area contributed by atoms with Gasteiger partial charge in [-0.25, -0.2) is 9.59 Å². The number of methoxy groups -OCH3 is 4. The molecule has 0 spiro atoms. The molecule has 4 unspecified atom stereocenters. The maximum absolute atomic E-state index is 12.0. The van der Waals surface area contributed by atoms with Crippen LogP contribution in [-0.2, 0) is 47.6 Å². The third kappa shape index (κ3) is 13.0. The van der Waals surface area contributed by atoms with Crippen molar-refractivity contribution in [2.24, 2.45) is 0 Å². The van der Waals surface area contributed by atoms with E-state index in [0.717, 1.165) is 44.9 Å². The molecule has 4 atom stereocenters. The zero-order chi connectivity index (χ0) is 30.1. The summed E-state index contributed by atoms with van der Waals surface area (Å²) in [5, 5.41) is 0.680. The Morgan fingerprint density at radius 2 is 1.33 bits per heavy atom. The van der Waals surface area contributed by atoms with Crippen LogP contribution in [0.1, 0.15) is 98.3 Å². The highest BCUT2D eigenvalue weighted by Crippen LogP contribution is 2.43. The Bertz CT molecular complexity index is 775. The van der Waals surface area contributed by atoms with Crippen LogP contribution >= 0.6 is 15.9 Å². The first-order chi connectivity index (χ1) is 18.3. The van der Waals surface area contributed by atoms with Gasteiger partial charge in [0.05, 0.1) is 46.1 Å². The van der Waals surface area contributed by atoms with E-state index >= 15 is 0 Å². The molecule has 11 heteroatoms. The summed E-state index contributed by atoms with van der Waals surface area (Å²) in [5.41, 5.74) is -1.40. The molecule has 0 N–H and O–H groups in total. The van der Waals surface area contributed by atoms with Crippen LogP contribution in [0.4, 0.5) is 0 Å². The van der Waals surface area contributed by atoms with E-state index in [0.29, 0.717) is 24.6 Å². The van der Waals surface area contributed by atoms with Gasteiger partial charge in [0.15, 0.2) is 11.7 Å². The number of hydrogen-bond donors (Lipinski definition) is 0. The van der Waals surface area contributed by atoms with Gasteiger partial charge in [0.25, 0.3) is 0 Å². The molecule has 2 rings (SSSR count). The zero-order valence-electron chi connectivity index (χ0n) is 25.0. The molecule has 0 aliphatic carbocycles. The number of rotatable bonds is 11. The fraction of sp³-hybridized carbons (Fsp3) is 0.857. The number of carbonyl (C=O) groups excluding carboxylic acids is 4. The molecular weight excluding hydrogens is 576 g/mol. The van der Waals surface area contributed by atoms with Gasteiger partial charge >= 0.3 is 23.9 Å². The average Bonchev–Trinajstić information content (AvgIpc) is 3.48. The summed E-state index contributed by atoms with van der Waals surface area (Å²) in [4.78, 5) is 44.6. The molecule has 10 nitrogen and oxygen atoms in total. The molecule has 2 aliphatic heterocycles. The second-order valence-electron chi connectivity index (χ2n) is 10.2. The number of carbonyl (C=O) groups is 4. The molecule has 0 aromatic carbocycles. The number of esters is 4. The van der Waals surface area contributed by atoms with Crippen molar-refractivity contribution in [1.82, 2.24) is 0 Å². The van der Waals surface area contributed by atoms with E-state index in [-0.39, 0.29) is 41.6 Å². The molecule has 2 heterocycles. The van der Waals surface area contributed by atoms with E-state index in [9.17, 15) is 19.2 Å². The lowest BCUT2D eigenvalue weighted by atomic mass is 9.91. The summed E-state index contributed by atoms with van der Waals surface area (Å²) < 4.78 is 30.2. The van der Waals surface area contributed by atoms with Crippen LogP contribution in [0, 0.1) is 0 Å². The summed E-state index contributed by atoms with van der Waals surface area (Å²) in [6.07, 6.45) is 7.73. The van der Waals surface area contributed by atoms with Gasteiger partial charge in [0.1, 0.15) is 0 Å². The lowest BCUT2D eigenvalue weighted by Gasteiger charge is -2.31. The van der Waals surface area contributed by atoms with Crippen LogP contribution in [-0.4, -0.2) is 80.6 Å². The highest BCUT2D eigenvalue weighted by Gasteiger charge is 2.52. The minimum absolute atomic E-state index is 0.104. The number of ether oxygens (including phenoxy) is 6. The third-order valence-electron chi connectivity index (χ3n) is 6.93. The van der Waals surface area contributed by atoms with Crippen LogP contribution in [0.25, 0.3) is 0 Å².